The molecule has 0 saturated heterocycles. The number of sulfonamides is 1. The largest absolute Gasteiger partial charge is 0.329 e. The lowest BCUT2D eigenvalue weighted by Crippen LogP contribution is -2.32. The van der Waals surface area contributed by atoms with Crippen molar-refractivity contribution in [2.75, 3.05) is 6.54 Å². The van der Waals surface area contributed by atoms with E-state index in [1.54, 1.807) is 24.4 Å². The first kappa shape index (κ1) is 22.0. The topological polar surface area (TPSA) is 55.2 Å². The molecule has 0 aliphatic heterocycles. The average Bonchev–Trinajstić information content (AvgIpc) is 3.11. The van der Waals surface area contributed by atoms with E-state index < -0.39 is 10.0 Å². The molecule has 6 heteroatoms. The minimum atomic E-state index is -3.66. The SMILES string of the molecule is C=CCN(Cc1nccn1Cc1c(C)cc(C)cc1C)S(=O)(=O)c1ccc(C)cc1. The zero-order valence-corrected chi connectivity index (χ0v) is 18.9. The highest BCUT2D eigenvalue weighted by atomic mass is 32.2. The van der Waals surface area contributed by atoms with Gasteiger partial charge in [0.1, 0.15) is 5.82 Å². The Morgan fingerprint density at radius 2 is 1.67 bits per heavy atom. The average molecular weight is 424 g/mol. The van der Waals surface area contributed by atoms with Gasteiger partial charge in [-0.15, -0.1) is 6.58 Å². The van der Waals surface area contributed by atoms with Gasteiger partial charge in [-0.3, -0.25) is 0 Å². The Balaban J connectivity index is 1.90. The number of nitrogens with zero attached hydrogens (tertiary/aromatic N) is 3. The third-order valence-electron chi connectivity index (χ3n) is 5.28. The standard InChI is InChI=1S/C24H29N3O2S/c1-6-12-27(30(28,29)22-9-7-18(2)8-10-22)17-24-25-11-13-26(24)16-23-20(4)14-19(3)15-21(23)5/h6-11,13-15H,1,12,16-17H2,2-5H3. The molecule has 0 unspecified atom stereocenters. The van der Waals surface area contributed by atoms with E-state index in [9.17, 15) is 8.42 Å². The van der Waals surface area contributed by atoms with Crippen molar-refractivity contribution in [1.82, 2.24) is 13.9 Å². The van der Waals surface area contributed by atoms with Crippen LogP contribution in [0.2, 0.25) is 0 Å². The predicted molar refractivity (Wildman–Crippen MR) is 121 cm³/mol. The third-order valence-corrected chi connectivity index (χ3v) is 7.11. The molecule has 0 bridgehead atoms. The van der Waals surface area contributed by atoms with Gasteiger partial charge in [-0.05, 0) is 56.5 Å². The van der Waals surface area contributed by atoms with E-state index in [1.807, 2.05) is 29.8 Å². The third kappa shape index (κ3) is 4.71. The molecule has 0 aliphatic carbocycles. The Morgan fingerprint density at radius 1 is 1.03 bits per heavy atom. The van der Waals surface area contributed by atoms with Gasteiger partial charge in [0.2, 0.25) is 10.0 Å². The van der Waals surface area contributed by atoms with Crippen molar-refractivity contribution in [3.05, 3.63) is 95.1 Å². The summed E-state index contributed by atoms with van der Waals surface area (Å²) in [7, 11) is -3.66. The molecule has 2 aromatic carbocycles. The highest BCUT2D eigenvalue weighted by Crippen LogP contribution is 2.21. The van der Waals surface area contributed by atoms with Gasteiger partial charge in [-0.25, -0.2) is 13.4 Å². The second-order valence-corrected chi connectivity index (χ2v) is 9.69. The predicted octanol–water partition coefficient (Wildman–Crippen LogP) is 4.54. The summed E-state index contributed by atoms with van der Waals surface area (Å²) in [5.74, 6) is 0.701. The van der Waals surface area contributed by atoms with E-state index in [0.717, 1.165) is 5.56 Å². The van der Waals surface area contributed by atoms with Gasteiger partial charge in [0.05, 0.1) is 11.4 Å². The molecule has 0 fully saturated rings. The maximum atomic E-state index is 13.2. The van der Waals surface area contributed by atoms with E-state index in [-0.39, 0.29) is 18.0 Å². The molecule has 0 amide bonds. The molecular formula is C24H29N3O2S. The number of rotatable bonds is 8. The molecule has 5 nitrogen and oxygen atoms in total. The number of benzene rings is 2. The maximum Gasteiger partial charge on any atom is 0.243 e. The molecule has 3 rings (SSSR count). The van der Waals surface area contributed by atoms with E-state index in [1.165, 1.54) is 26.6 Å². The highest BCUT2D eigenvalue weighted by Gasteiger charge is 2.25. The van der Waals surface area contributed by atoms with Crippen LogP contribution in [0.3, 0.4) is 0 Å². The lowest BCUT2D eigenvalue weighted by Gasteiger charge is -2.21. The number of hydrogen-bond acceptors (Lipinski definition) is 3. The van der Waals surface area contributed by atoms with Crippen LogP contribution in [0.1, 0.15) is 33.6 Å². The van der Waals surface area contributed by atoms with Gasteiger partial charge in [0.25, 0.3) is 0 Å². The van der Waals surface area contributed by atoms with Crippen LogP contribution in [0.5, 0.6) is 0 Å². The van der Waals surface area contributed by atoms with Crippen LogP contribution in [-0.4, -0.2) is 28.8 Å². The van der Waals surface area contributed by atoms with Crippen molar-refractivity contribution in [1.29, 1.82) is 0 Å². The molecule has 0 atom stereocenters. The molecule has 158 valence electrons. The van der Waals surface area contributed by atoms with Gasteiger partial charge in [-0.2, -0.15) is 4.31 Å². The summed E-state index contributed by atoms with van der Waals surface area (Å²) in [5.41, 5.74) is 5.94. The summed E-state index contributed by atoms with van der Waals surface area (Å²) in [6, 6.07) is 11.2. The van der Waals surface area contributed by atoms with Crippen molar-refractivity contribution in [2.45, 2.75) is 45.7 Å². The first-order valence-corrected chi connectivity index (χ1v) is 11.4. The zero-order valence-electron chi connectivity index (χ0n) is 18.1. The first-order valence-electron chi connectivity index (χ1n) is 9.97. The van der Waals surface area contributed by atoms with Crippen LogP contribution in [-0.2, 0) is 23.1 Å². The fraction of sp³-hybridized carbons (Fsp3) is 0.292. The normalized spacial score (nSPS) is 11.8. The van der Waals surface area contributed by atoms with Crippen molar-refractivity contribution in [2.24, 2.45) is 0 Å². The number of aryl methyl sites for hydroxylation is 4. The van der Waals surface area contributed by atoms with E-state index >= 15 is 0 Å². The van der Waals surface area contributed by atoms with Crippen molar-refractivity contribution < 1.29 is 8.42 Å². The molecule has 30 heavy (non-hydrogen) atoms. The molecule has 1 heterocycles. The minimum absolute atomic E-state index is 0.180. The van der Waals surface area contributed by atoms with Crippen LogP contribution in [0, 0.1) is 27.7 Å². The lowest BCUT2D eigenvalue weighted by molar-refractivity contribution is 0.421. The van der Waals surface area contributed by atoms with E-state index in [0.29, 0.717) is 12.4 Å². The number of imidazole rings is 1. The summed E-state index contributed by atoms with van der Waals surface area (Å²) in [6.45, 7) is 13.0. The van der Waals surface area contributed by atoms with Crippen molar-refractivity contribution in [3.63, 3.8) is 0 Å². The number of aromatic nitrogens is 2. The Kier molecular flexibility index (Phi) is 6.58. The van der Waals surface area contributed by atoms with Crippen LogP contribution in [0.4, 0.5) is 0 Å². The summed E-state index contributed by atoms with van der Waals surface area (Å²) < 4.78 is 29.9. The fourth-order valence-electron chi connectivity index (χ4n) is 3.67. The van der Waals surface area contributed by atoms with Crippen LogP contribution in [0.25, 0.3) is 0 Å². The second-order valence-electron chi connectivity index (χ2n) is 7.75. The first-order chi connectivity index (χ1) is 14.2. The van der Waals surface area contributed by atoms with Crippen molar-refractivity contribution in [3.8, 4) is 0 Å². The van der Waals surface area contributed by atoms with E-state index in [2.05, 4.69) is 44.5 Å². The molecule has 0 radical (unpaired) electrons. The van der Waals surface area contributed by atoms with Gasteiger partial charge < -0.3 is 4.57 Å². The van der Waals surface area contributed by atoms with Crippen LogP contribution < -0.4 is 0 Å². The summed E-state index contributed by atoms with van der Waals surface area (Å²) in [6.07, 6.45) is 5.23. The van der Waals surface area contributed by atoms with Gasteiger partial charge in [0.15, 0.2) is 0 Å². The lowest BCUT2D eigenvalue weighted by atomic mass is 10.00. The van der Waals surface area contributed by atoms with E-state index in [4.69, 9.17) is 0 Å². The molecule has 0 N–H and O–H groups in total. The molecule has 3 aromatic rings. The fourth-order valence-corrected chi connectivity index (χ4v) is 5.04. The summed E-state index contributed by atoms with van der Waals surface area (Å²) in [5, 5.41) is 0. The minimum Gasteiger partial charge on any atom is -0.329 e. The van der Waals surface area contributed by atoms with Gasteiger partial charge in [-0.1, -0.05) is 41.5 Å². The molecular weight excluding hydrogens is 394 g/mol. The van der Waals surface area contributed by atoms with Crippen LogP contribution >= 0.6 is 0 Å². The Morgan fingerprint density at radius 3 is 2.27 bits per heavy atom. The van der Waals surface area contributed by atoms with Gasteiger partial charge >= 0.3 is 0 Å². The Hall–Kier alpha value is -2.70. The molecule has 0 aliphatic rings. The molecule has 0 spiro atoms. The maximum absolute atomic E-state index is 13.2. The number of hydrogen-bond donors (Lipinski definition) is 0. The Bertz CT molecular complexity index is 1120. The Labute approximate surface area is 179 Å². The summed E-state index contributed by atoms with van der Waals surface area (Å²) >= 11 is 0. The molecule has 1 aromatic heterocycles. The second kappa shape index (κ2) is 8.98. The zero-order chi connectivity index (χ0) is 21.9. The van der Waals surface area contributed by atoms with Gasteiger partial charge in [0, 0.05) is 25.5 Å². The summed E-state index contributed by atoms with van der Waals surface area (Å²) in [4.78, 5) is 4.73. The quantitative estimate of drug-likeness (QED) is 0.500. The van der Waals surface area contributed by atoms with Crippen molar-refractivity contribution >= 4 is 10.0 Å². The monoisotopic (exact) mass is 423 g/mol. The van der Waals surface area contributed by atoms with Crippen LogP contribution in [0.15, 0.2) is 66.3 Å². The molecule has 0 saturated carbocycles. The smallest absolute Gasteiger partial charge is 0.243 e. The highest BCUT2D eigenvalue weighted by molar-refractivity contribution is 7.89.